The van der Waals surface area contributed by atoms with Gasteiger partial charge < -0.3 is 18.1 Å². The smallest absolute Gasteiger partial charge is 0.124 e. The maximum atomic E-state index is 10.8. The second-order valence-corrected chi connectivity index (χ2v) is 18.0. The molecule has 0 aliphatic rings. The SMILES string of the molecule is CCCC[N+](CCCC)(CCCC)CCCC.CCCC[N+](CCCC)(CCCC)CCCC.O=S(=O)([O-])c1ccc(-c2ccc(S(=O)(=O)[O-])cc2)cc1. The van der Waals surface area contributed by atoms with Gasteiger partial charge in [-0.1, -0.05) is 131 Å². The Morgan fingerprint density at radius 3 is 0.648 bits per heavy atom. The van der Waals surface area contributed by atoms with Gasteiger partial charge in [-0.2, -0.15) is 0 Å². The zero-order chi connectivity index (χ0) is 40.9. The van der Waals surface area contributed by atoms with Crippen molar-refractivity contribution in [1.82, 2.24) is 0 Å². The van der Waals surface area contributed by atoms with Crippen LogP contribution in [0.2, 0.25) is 0 Å². The molecule has 0 aliphatic heterocycles. The van der Waals surface area contributed by atoms with Crippen LogP contribution in [0.1, 0.15) is 158 Å². The molecule has 0 saturated carbocycles. The number of quaternary nitrogens is 2. The molecule has 0 heterocycles. The minimum absolute atomic E-state index is 0.347. The van der Waals surface area contributed by atoms with Gasteiger partial charge >= 0.3 is 0 Å². The van der Waals surface area contributed by atoms with Gasteiger partial charge in [-0.25, -0.2) is 16.8 Å². The van der Waals surface area contributed by atoms with Gasteiger partial charge in [0.25, 0.3) is 0 Å². The van der Waals surface area contributed by atoms with Crippen molar-refractivity contribution in [2.45, 2.75) is 168 Å². The van der Waals surface area contributed by atoms with E-state index in [0.29, 0.717) is 11.1 Å². The maximum Gasteiger partial charge on any atom is 0.124 e. The molecule has 0 radical (unpaired) electrons. The zero-order valence-electron chi connectivity index (χ0n) is 35.7. The predicted molar refractivity (Wildman–Crippen MR) is 227 cm³/mol. The summed E-state index contributed by atoms with van der Waals surface area (Å²) < 4.78 is 67.5. The monoisotopic (exact) mass is 797 g/mol. The highest BCUT2D eigenvalue weighted by molar-refractivity contribution is 7.86. The Kier molecular flexibility index (Phi) is 28.4. The van der Waals surface area contributed by atoms with Crippen molar-refractivity contribution in [3.05, 3.63) is 48.5 Å². The van der Waals surface area contributed by atoms with Crippen LogP contribution < -0.4 is 0 Å². The molecule has 2 aromatic rings. The molecule has 0 fully saturated rings. The van der Waals surface area contributed by atoms with Crippen molar-refractivity contribution in [2.24, 2.45) is 0 Å². The van der Waals surface area contributed by atoms with Crippen LogP contribution in [0.3, 0.4) is 0 Å². The van der Waals surface area contributed by atoms with Gasteiger partial charge in [-0.15, -0.1) is 0 Å². The lowest BCUT2D eigenvalue weighted by atomic mass is 10.1. The molecule has 314 valence electrons. The van der Waals surface area contributed by atoms with E-state index >= 15 is 0 Å². The fourth-order valence-electron chi connectivity index (χ4n) is 6.92. The molecular formula is C44H80N2O6S2. The lowest BCUT2D eigenvalue weighted by molar-refractivity contribution is -0.929. The third kappa shape index (κ3) is 22.1. The summed E-state index contributed by atoms with van der Waals surface area (Å²) in [6.45, 7) is 30.0. The van der Waals surface area contributed by atoms with Crippen molar-refractivity contribution >= 4 is 20.2 Å². The van der Waals surface area contributed by atoms with Gasteiger partial charge in [-0.05, 0) is 86.8 Å². The highest BCUT2D eigenvalue weighted by atomic mass is 32.2. The van der Waals surface area contributed by atoms with E-state index in [1.165, 1.54) is 188 Å². The second-order valence-electron chi connectivity index (χ2n) is 15.3. The standard InChI is InChI=1S/2C16H36N.C12H10O6S2/c2*1-5-9-13-17(14-10-6-2,15-11-7-3)16-12-8-4;13-19(14,15)11-5-1-9(2-6-11)10-3-7-12(8-4-10)20(16,17)18/h2*5-16H2,1-4H3;1-8H,(H,13,14,15)(H,16,17,18)/q2*+1;/p-2. The minimum atomic E-state index is -4.50. The molecule has 10 heteroatoms. The summed E-state index contributed by atoms with van der Waals surface area (Å²) in [4.78, 5) is -0.694. The van der Waals surface area contributed by atoms with Crippen molar-refractivity contribution in [3.8, 4) is 11.1 Å². The van der Waals surface area contributed by atoms with Crippen LogP contribution >= 0.6 is 0 Å². The van der Waals surface area contributed by atoms with E-state index in [1.54, 1.807) is 0 Å². The lowest BCUT2D eigenvalue weighted by Gasteiger charge is -2.39. The number of hydrogen-bond acceptors (Lipinski definition) is 6. The fourth-order valence-corrected chi connectivity index (χ4v) is 7.86. The zero-order valence-corrected chi connectivity index (χ0v) is 37.4. The number of nitrogens with zero attached hydrogens (tertiary/aromatic N) is 2. The average Bonchev–Trinajstić information content (AvgIpc) is 3.16. The first-order valence-electron chi connectivity index (χ1n) is 21.5. The van der Waals surface area contributed by atoms with Crippen molar-refractivity contribution in [2.75, 3.05) is 52.4 Å². The molecule has 0 unspecified atom stereocenters. The second kappa shape index (κ2) is 29.4. The van der Waals surface area contributed by atoms with Gasteiger partial charge in [0.05, 0.1) is 62.1 Å². The highest BCUT2D eigenvalue weighted by Gasteiger charge is 2.25. The Bertz CT molecular complexity index is 1230. The summed E-state index contributed by atoms with van der Waals surface area (Å²) in [5.74, 6) is 0. The van der Waals surface area contributed by atoms with Crippen molar-refractivity contribution in [3.63, 3.8) is 0 Å². The Morgan fingerprint density at radius 2 is 0.519 bits per heavy atom. The fraction of sp³-hybridized carbons (Fsp3) is 0.727. The van der Waals surface area contributed by atoms with E-state index in [9.17, 15) is 25.9 Å². The summed E-state index contributed by atoms with van der Waals surface area (Å²) in [6, 6.07) is 10.3. The Balaban J connectivity index is 0.000000786. The van der Waals surface area contributed by atoms with Gasteiger partial charge in [0.2, 0.25) is 0 Å². The van der Waals surface area contributed by atoms with E-state index in [-0.39, 0.29) is 9.79 Å². The van der Waals surface area contributed by atoms with Crippen molar-refractivity contribution < 1.29 is 34.9 Å². The third-order valence-corrected chi connectivity index (χ3v) is 12.2. The first-order valence-corrected chi connectivity index (χ1v) is 24.3. The topological polar surface area (TPSA) is 114 Å². The molecule has 0 aliphatic carbocycles. The largest absolute Gasteiger partial charge is 0.744 e. The molecule has 0 aromatic heterocycles. The molecule has 0 bridgehead atoms. The van der Waals surface area contributed by atoms with E-state index < -0.39 is 20.2 Å². The van der Waals surface area contributed by atoms with E-state index in [4.69, 9.17) is 0 Å². The van der Waals surface area contributed by atoms with Crippen LogP contribution in [0.15, 0.2) is 58.3 Å². The molecule has 0 amide bonds. The maximum absolute atomic E-state index is 10.8. The number of benzene rings is 2. The Morgan fingerprint density at radius 1 is 0.352 bits per heavy atom. The quantitative estimate of drug-likeness (QED) is 0.0657. The highest BCUT2D eigenvalue weighted by Crippen LogP contribution is 2.23. The van der Waals surface area contributed by atoms with Gasteiger partial charge in [0, 0.05) is 0 Å². The molecule has 2 rings (SSSR count). The van der Waals surface area contributed by atoms with Gasteiger partial charge in [-0.3, -0.25) is 0 Å². The summed E-state index contributed by atoms with van der Waals surface area (Å²) in [5, 5.41) is 0. The summed E-state index contributed by atoms with van der Waals surface area (Å²) in [5.41, 5.74) is 1.18. The Labute approximate surface area is 333 Å². The molecule has 0 atom stereocenters. The van der Waals surface area contributed by atoms with Crippen LogP contribution in [0.25, 0.3) is 11.1 Å². The van der Waals surface area contributed by atoms with Crippen LogP contribution in [0.4, 0.5) is 0 Å². The van der Waals surface area contributed by atoms with Crippen LogP contribution in [-0.4, -0.2) is 87.3 Å². The summed E-state index contributed by atoms with van der Waals surface area (Å²) in [6.07, 6.45) is 22.1. The average molecular weight is 797 g/mol. The van der Waals surface area contributed by atoms with Crippen molar-refractivity contribution in [1.29, 1.82) is 0 Å². The summed E-state index contributed by atoms with van der Waals surface area (Å²) in [7, 11) is -9.00. The normalized spacial score (nSPS) is 12.1. The van der Waals surface area contributed by atoms with Gasteiger partial charge in [0.1, 0.15) is 20.2 Å². The van der Waals surface area contributed by atoms with Crippen LogP contribution in [-0.2, 0) is 20.2 Å². The van der Waals surface area contributed by atoms with E-state index in [1.807, 2.05) is 0 Å². The molecular weight excluding hydrogens is 717 g/mol. The molecule has 0 N–H and O–H groups in total. The molecule has 54 heavy (non-hydrogen) atoms. The van der Waals surface area contributed by atoms with E-state index in [0.717, 1.165) is 24.3 Å². The van der Waals surface area contributed by atoms with E-state index in [2.05, 4.69) is 55.4 Å². The molecule has 0 saturated heterocycles. The Hall–Kier alpha value is -1.82. The van der Waals surface area contributed by atoms with Crippen LogP contribution in [0, 0.1) is 0 Å². The van der Waals surface area contributed by atoms with Gasteiger partial charge in [0.15, 0.2) is 0 Å². The number of unbranched alkanes of at least 4 members (excludes halogenated alkanes) is 8. The number of hydrogen-bond donors (Lipinski definition) is 0. The third-order valence-electron chi connectivity index (χ3n) is 10.5. The minimum Gasteiger partial charge on any atom is -0.744 e. The number of rotatable bonds is 27. The predicted octanol–water partition coefficient (Wildman–Crippen LogP) is 11.2. The molecule has 0 spiro atoms. The lowest BCUT2D eigenvalue weighted by Crippen LogP contribution is -2.50. The van der Waals surface area contributed by atoms with Crippen LogP contribution in [0.5, 0.6) is 0 Å². The first kappa shape index (κ1) is 52.2. The molecule has 2 aromatic carbocycles. The first-order chi connectivity index (χ1) is 25.7. The summed E-state index contributed by atoms with van der Waals surface area (Å²) >= 11 is 0. The molecule has 8 nitrogen and oxygen atoms in total.